The highest BCUT2D eigenvalue weighted by atomic mass is 16.2. The highest BCUT2D eigenvalue weighted by Crippen LogP contribution is 2.44. The van der Waals surface area contributed by atoms with Crippen LogP contribution in [0.15, 0.2) is 42.6 Å². The summed E-state index contributed by atoms with van der Waals surface area (Å²) in [5.41, 5.74) is 5.15. The topological polar surface area (TPSA) is 38.1 Å². The van der Waals surface area contributed by atoms with Crippen LogP contribution in [0.3, 0.4) is 0 Å². The largest absolute Gasteiger partial charge is 0.339 e. The molecule has 4 nitrogen and oxygen atoms in total. The summed E-state index contributed by atoms with van der Waals surface area (Å²) < 4.78 is 2.06. The van der Waals surface area contributed by atoms with Gasteiger partial charge in [0, 0.05) is 25.7 Å². The van der Waals surface area contributed by atoms with Crippen LogP contribution in [0.4, 0.5) is 0 Å². The highest BCUT2D eigenvalue weighted by molar-refractivity contribution is 6.02. The molecule has 0 spiro atoms. The maximum Gasteiger partial charge on any atom is 0.271 e. The molecule has 1 aliphatic rings. The molecule has 0 unspecified atom stereocenters. The first kappa shape index (κ1) is 16.8. The first-order valence-corrected chi connectivity index (χ1v) is 9.23. The van der Waals surface area contributed by atoms with Crippen molar-refractivity contribution in [3.05, 3.63) is 65.1 Å². The molecule has 0 bridgehead atoms. The third-order valence-corrected chi connectivity index (χ3v) is 5.67. The Morgan fingerprint density at radius 2 is 1.96 bits per heavy atom. The second-order valence-corrected chi connectivity index (χ2v) is 7.46. The predicted octanol–water partition coefficient (Wildman–Crippen LogP) is 4.41. The van der Waals surface area contributed by atoms with Gasteiger partial charge in [-0.05, 0) is 55.9 Å². The molecule has 0 saturated heterocycles. The van der Waals surface area contributed by atoms with Gasteiger partial charge < -0.3 is 9.47 Å². The van der Waals surface area contributed by atoms with Crippen LogP contribution in [0.5, 0.6) is 0 Å². The lowest BCUT2D eigenvalue weighted by atomic mass is 10.0. The molecule has 26 heavy (non-hydrogen) atoms. The average Bonchev–Trinajstić information content (AvgIpc) is 3.43. The number of amides is 1. The number of rotatable bonds is 4. The van der Waals surface area contributed by atoms with Gasteiger partial charge >= 0.3 is 0 Å². The molecule has 2 heterocycles. The molecule has 0 radical (unpaired) electrons. The van der Waals surface area contributed by atoms with Crippen LogP contribution in [0.1, 0.15) is 46.2 Å². The zero-order valence-electron chi connectivity index (χ0n) is 15.9. The summed E-state index contributed by atoms with van der Waals surface area (Å²) in [6.07, 6.45) is 4.13. The van der Waals surface area contributed by atoms with Crippen molar-refractivity contribution in [3.8, 4) is 0 Å². The van der Waals surface area contributed by atoms with Crippen LogP contribution in [-0.4, -0.2) is 27.4 Å². The molecule has 1 amide bonds. The van der Waals surface area contributed by atoms with Crippen molar-refractivity contribution in [1.82, 2.24) is 14.5 Å². The van der Waals surface area contributed by atoms with E-state index in [2.05, 4.69) is 41.6 Å². The molecule has 1 fully saturated rings. The van der Waals surface area contributed by atoms with E-state index in [1.54, 1.807) is 0 Å². The normalized spacial score (nSPS) is 15.2. The lowest BCUT2D eigenvalue weighted by molar-refractivity contribution is 0.0697. The summed E-state index contributed by atoms with van der Waals surface area (Å²) in [5, 5.41) is 1.16. The molecule has 1 aromatic carbocycles. The number of fused-ring (bicyclic) bond motifs is 1. The lowest BCUT2D eigenvalue weighted by Gasteiger charge is -2.28. The third-order valence-electron chi connectivity index (χ3n) is 5.67. The maximum absolute atomic E-state index is 13.5. The van der Waals surface area contributed by atoms with E-state index in [0.717, 1.165) is 40.7 Å². The number of hydrogen-bond acceptors (Lipinski definition) is 2. The Bertz CT molecular complexity index is 970. The van der Waals surface area contributed by atoms with Gasteiger partial charge in [-0.15, -0.1) is 0 Å². The zero-order valence-corrected chi connectivity index (χ0v) is 15.9. The van der Waals surface area contributed by atoms with Gasteiger partial charge in [0.1, 0.15) is 5.69 Å². The average molecular weight is 347 g/mol. The number of nitrogens with zero attached hydrogens (tertiary/aromatic N) is 3. The van der Waals surface area contributed by atoms with E-state index in [1.165, 1.54) is 5.56 Å². The van der Waals surface area contributed by atoms with Gasteiger partial charge in [0.2, 0.25) is 0 Å². The van der Waals surface area contributed by atoms with E-state index >= 15 is 0 Å². The molecule has 4 heteroatoms. The zero-order chi connectivity index (χ0) is 18.4. The number of aryl methyl sites for hydroxylation is 3. The van der Waals surface area contributed by atoms with Crippen molar-refractivity contribution in [3.63, 3.8) is 0 Å². The van der Waals surface area contributed by atoms with Crippen LogP contribution < -0.4 is 0 Å². The number of para-hydroxylation sites is 1. The molecule has 1 atom stereocenters. The third kappa shape index (κ3) is 2.61. The smallest absolute Gasteiger partial charge is 0.271 e. The van der Waals surface area contributed by atoms with E-state index in [-0.39, 0.29) is 11.9 Å². The fourth-order valence-electron chi connectivity index (χ4n) is 4.21. The van der Waals surface area contributed by atoms with Crippen LogP contribution in [0.2, 0.25) is 0 Å². The predicted molar refractivity (Wildman–Crippen MR) is 104 cm³/mol. The molecule has 4 rings (SSSR count). The molecule has 0 N–H and O–H groups in total. The van der Waals surface area contributed by atoms with Gasteiger partial charge in [-0.1, -0.05) is 24.3 Å². The summed E-state index contributed by atoms with van der Waals surface area (Å²) in [7, 11) is 3.92. The number of aromatic nitrogens is 2. The molecule has 0 aliphatic heterocycles. The van der Waals surface area contributed by atoms with Crippen molar-refractivity contribution in [2.24, 2.45) is 13.0 Å². The van der Waals surface area contributed by atoms with Crippen molar-refractivity contribution in [2.75, 3.05) is 7.05 Å². The Morgan fingerprint density at radius 3 is 2.58 bits per heavy atom. The number of carbonyl (C=O) groups is 1. The van der Waals surface area contributed by atoms with Crippen LogP contribution in [-0.2, 0) is 7.05 Å². The number of benzene rings is 1. The van der Waals surface area contributed by atoms with Crippen LogP contribution >= 0.6 is 0 Å². The minimum absolute atomic E-state index is 0.0437. The van der Waals surface area contributed by atoms with Crippen LogP contribution in [0, 0.1) is 19.8 Å². The lowest BCUT2D eigenvalue weighted by Crippen LogP contribution is -2.34. The quantitative estimate of drug-likeness (QED) is 0.701. The van der Waals surface area contributed by atoms with E-state index in [0.29, 0.717) is 5.92 Å². The van der Waals surface area contributed by atoms with E-state index in [1.807, 2.05) is 43.4 Å². The van der Waals surface area contributed by atoms with Gasteiger partial charge in [0.05, 0.1) is 17.3 Å². The number of carbonyl (C=O) groups excluding carboxylic acids is 1. The van der Waals surface area contributed by atoms with E-state index in [9.17, 15) is 4.79 Å². The molecular weight excluding hydrogens is 322 g/mol. The van der Waals surface area contributed by atoms with Crippen molar-refractivity contribution >= 4 is 16.8 Å². The van der Waals surface area contributed by atoms with E-state index in [4.69, 9.17) is 0 Å². The molecule has 1 saturated carbocycles. The maximum atomic E-state index is 13.5. The Morgan fingerprint density at radius 1 is 1.19 bits per heavy atom. The Kier molecular flexibility index (Phi) is 4.06. The molecule has 1 aliphatic carbocycles. The standard InChI is InChI=1S/C22H25N3O/c1-14-8-7-9-17-15(2)20(24(3)19(14)17)22(26)25(4)21(16-11-12-16)18-10-5-6-13-23-18/h5-10,13,16,21H,11-12H2,1-4H3/t21-/m0/s1. The number of hydrogen-bond donors (Lipinski definition) is 0. The minimum atomic E-state index is 0.0437. The summed E-state index contributed by atoms with van der Waals surface area (Å²) in [4.78, 5) is 19.9. The van der Waals surface area contributed by atoms with Gasteiger partial charge in [0.25, 0.3) is 5.91 Å². The Hall–Kier alpha value is -2.62. The van der Waals surface area contributed by atoms with Gasteiger partial charge in [-0.3, -0.25) is 9.78 Å². The van der Waals surface area contributed by atoms with Crippen molar-refractivity contribution < 1.29 is 4.79 Å². The Labute approximate surface area is 154 Å². The molecular formula is C22H25N3O. The minimum Gasteiger partial charge on any atom is -0.339 e. The fraction of sp³-hybridized carbons (Fsp3) is 0.364. The second-order valence-electron chi connectivity index (χ2n) is 7.46. The number of pyridine rings is 1. The molecule has 2 aromatic heterocycles. The Balaban J connectivity index is 1.78. The first-order chi connectivity index (χ1) is 12.5. The monoisotopic (exact) mass is 347 g/mol. The summed E-state index contributed by atoms with van der Waals surface area (Å²) >= 11 is 0. The summed E-state index contributed by atoms with van der Waals surface area (Å²) in [6.45, 7) is 4.15. The summed E-state index contributed by atoms with van der Waals surface area (Å²) in [6, 6.07) is 12.3. The molecule has 3 aromatic rings. The van der Waals surface area contributed by atoms with Crippen molar-refractivity contribution in [1.29, 1.82) is 0 Å². The van der Waals surface area contributed by atoms with Gasteiger partial charge in [-0.2, -0.15) is 0 Å². The van der Waals surface area contributed by atoms with Gasteiger partial charge in [-0.25, -0.2) is 0 Å². The first-order valence-electron chi connectivity index (χ1n) is 9.23. The SMILES string of the molecule is Cc1c(C(=O)N(C)[C@H](c2ccccn2)C2CC2)n(C)c2c(C)cccc12. The van der Waals surface area contributed by atoms with Crippen molar-refractivity contribution in [2.45, 2.75) is 32.7 Å². The highest BCUT2D eigenvalue weighted by Gasteiger charge is 2.38. The molecule has 134 valence electrons. The second kappa shape index (κ2) is 6.27. The summed E-state index contributed by atoms with van der Waals surface area (Å²) in [5.74, 6) is 0.582. The van der Waals surface area contributed by atoms with Crippen LogP contribution in [0.25, 0.3) is 10.9 Å². The van der Waals surface area contributed by atoms with E-state index < -0.39 is 0 Å². The fourth-order valence-corrected chi connectivity index (χ4v) is 4.21. The van der Waals surface area contributed by atoms with Gasteiger partial charge in [0.15, 0.2) is 0 Å².